The number of halogens is 3. The minimum absolute atomic E-state index is 0.0868. The van der Waals surface area contributed by atoms with E-state index in [0.717, 1.165) is 23.4 Å². The van der Waals surface area contributed by atoms with Gasteiger partial charge in [0.15, 0.2) is 11.0 Å². The fraction of sp³-hybridized carbons (Fsp3) is 0.0870. The van der Waals surface area contributed by atoms with E-state index in [4.69, 9.17) is 4.52 Å². The van der Waals surface area contributed by atoms with Gasteiger partial charge in [0.2, 0.25) is 11.7 Å². The van der Waals surface area contributed by atoms with Crippen molar-refractivity contribution in [2.45, 2.75) is 17.1 Å². The topological polar surface area (TPSA) is 82.5 Å². The summed E-state index contributed by atoms with van der Waals surface area (Å²) in [4.78, 5) is 8.30. The standard InChI is InChI=1S/C23H15F3N6OS/c24-23(25,26)17-6-4-5-16(13-17)20-28-19(33-31-20)14-34-22-30-29-21(15-9-11-27-12-10-15)32(22)18-7-2-1-3-8-18/h1-13H,14H2. The summed E-state index contributed by atoms with van der Waals surface area (Å²) in [5.41, 5.74) is 1.17. The van der Waals surface area contributed by atoms with Gasteiger partial charge in [-0.15, -0.1) is 10.2 Å². The molecule has 0 radical (unpaired) electrons. The molecule has 0 aliphatic heterocycles. The summed E-state index contributed by atoms with van der Waals surface area (Å²) in [5, 5.41) is 13.1. The molecule has 170 valence electrons. The Kier molecular flexibility index (Phi) is 5.84. The van der Waals surface area contributed by atoms with Crippen LogP contribution in [0, 0.1) is 0 Å². The Morgan fingerprint density at radius 3 is 2.44 bits per heavy atom. The molecule has 0 aliphatic rings. The first kappa shape index (κ1) is 21.8. The van der Waals surface area contributed by atoms with Crippen molar-refractivity contribution >= 4 is 11.8 Å². The molecule has 0 saturated carbocycles. The third kappa shape index (κ3) is 4.55. The smallest absolute Gasteiger partial charge is 0.338 e. The molecule has 0 aliphatic carbocycles. The summed E-state index contributed by atoms with van der Waals surface area (Å²) in [6.45, 7) is 0. The predicted octanol–water partition coefficient (Wildman–Crippen LogP) is 5.69. The lowest BCUT2D eigenvalue weighted by Crippen LogP contribution is -2.04. The first-order valence-electron chi connectivity index (χ1n) is 10.0. The van der Waals surface area contributed by atoms with Crippen LogP contribution in [0.5, 0.6) is 0 Å². The maximum atomic E-state index is 13.0. The Balaban J connectivity index is 1.41. The van der Waals surface area contributed by atoms with Crippen LogP contribution in [0.4, 0.5) is 13.2 Å². The number of alkyl halides is 3. The van der Waals surface area contributed by atoms with Gasteiger partial charge in [-0.25, -0.2) is 0 Å². The van der Waals surface area contributed by atoms with Crippen molar-refractivity contribution in [2.24, 2.45) is 0 Å². The van der Waals surface area contributed by atoms with Gasteiger partial charge in [0.1, 0.15) is 0 Å². The Bertz CT molecular complexity index is 1400. The van der Waals surface area contributed by atoms with E-state index in [1.54, 1.807) is 12.4 Å². The number of rotatable bonds is 6. The zero-order valence-electron chi connectivity index (χ0n) is 17.3. The highest BCUT2D eigenvalue weighted by atomic mass is 32.2. The molecule has 0 N–H and O–H groups in total. The van der Waals surface area contributed by atoms with Crippen molar-refractivity contribution < 1.29 is 17.7 Å². The molecule has 3 heterocycles. The van der Waals surface area contributed by atoms with Crippen molar-refractivity contribution in [1.82, 2.24) is 29.9 Å². The summed E-state index contributed by atoms with van der Waals surface area (Å²) in [6, 6.07) is 18.1. The molecular formula is C23H15F3N6OS. The highest BCUT2D eigenvalue weighted by Gasteiger charge is 2.30. The van der Waals surface area contributed by atoms with Crippen LogP contribution in [0.15, 0.2) is 88.8 Å². The monoisotopic (exact) mass is 480 g/mol. The Morgan fingerprint density at radius 1 is 0.882 bits per heavy atom. The first-order chi connectivity index (χ1) is 16.5. The number of hydrogen-bond acceptors (Lipinski definition) is 7. The number of pyridine rings is 1. The molecular weight excluding hydrogens is 465 g/mol. The van der Waals surface area contributed by atoms with Gasteiger partial charge in [0.05, 0.1) is 11.3 Å². The summed E-state index contributed by atoms with van der Waals surface area (Å²) in [7, 11) is 0. The van der Waals surface area contributed by atoms with Crippen LogP contribution in [-0.4, -0.2) is 29.9 Å². The van der Waals surface area contributed by atoms with E-state index in [1.165, 1.54) is 23.9 Å². The highest BCUT2D eigenvalue weighted by molar-refractivity contribution is 7.98. The van der Waals surface area contributed by atoms with Gasteiger partial charge in [0.25, 0.3) is 0 Å². The van der Waals surface area contributed by atoms with Crippen LogP contribution in [0.1, 0.15) is 11.5 Å². The molecule has 34 heavy (non-hydrogen) atoms. The quantitative estimate of drug-likeness (QED) is 0.289. The lowest BCUT2D eigenvalue weighted by molar-refractivity contribution is -0.137. The fourth-order valence-corrected chi connectivity index (χ4v) is 4.04. The van der Waals surface area contributed by atoms with Crippen LogP contribution in [0.2, 0.25) is 0 Å². The number of thioether (sulfide) groups is 1. The predicted molar refractivity (Wildman–Crippen MR) is 119 cm³/mol. The zero-order valence-corrected chi connectivity index (χ0v) is 18.2. The SMILES string of the molecule is FC(F)(F)c1cccc(-c2noc(CSc3nnc(-c4ccncc4)n3-c3ccccc3)n2)c1. The van der Waals surface area contributed by atoms with E-state index in [-0.39, 0.29) is 23.0 Å². The largest absolute Gasteiger partial charge is 0.416 e. The van der Waals surface area contributed by atoms with Crippen molar-refractivity contribution in [3.63, 3.8) is 0 Å². The maximum absolute atomic E-state index is 13.0. The number of aromatic nitrogens is 6. The van der Waals surface area contributed by atoms with Gasteiger partial charge in [-0.3, -0.25) is 9.55 Å². The van der Waals surface area contributed by atoms with Crippen molar-refractivity contribution in [1.29, 1.82) is 0 Å². The molecule has 0 atom stereocenters. The molecule has 0 amide bonds. The van der Waals surface area contributed by atoms with Gasteiger partial charge in [-0.2, -0.15) is 18.2 Å². The van der Waals surface area contributed by atoms with Crippen LogP contribution < -0.4 is 0 Å². The normalized spacial score (nSPS) is 11.6. The summed E-state index contributed by atoms with van der Waals surface area (Å²) in [6.07, 6.45) is -1.09. The molecule has 0 spiro atoms. The molecule has 0 bridgehead atoms. The summed E-state index contributed by atoms with van der Waals surface area (Å²) < 4.78 is 46.2. The Hall–Kier alpha value is -3.99. The van der Waals surface area contributed by atoms with Crippen molar-refractivity contribution in [3.8, 4) is 28.5 Å². The number of para-hydroxylation sites is 1. The molecule has 11 heteroatoms. The van der Waals surface area contributed by atoms with E-state index in [2.05, 4.69) is 25.3 Å². The van der Waals surface area contributed by atoms with Crippen molar-refractivity contribution in [3.05, 3.63) is 90.6 Å². The second-order valence-electron chi connectivity index (χ2n) is 7.09. The maximum Gasteiger partial charge on any atom is 0.416 e. The van der Waals surface area contributed by atoms with E-state index in [1.807, 2.05) is 47.0 Å². The molecule has 5 rings (SSSR count). The average Bonchev–Trinajstić information content (AvgIpc) is 3.51. The van der Waals surface area contributed by atoms with Crippen molar-refractivity contribution in [2.75, 3.05) is 0 Å². The molecule has 0 unspecified atom stereocenters. The van der Waals surface area contributed by atoms with E-state index < -0.39 is 11.7 Å². The summed E-state index contributed by atoms with van der Waals surface area (Å²) >= 11 is 1.32. The zero-order chi connectivity index (χ0) is 23.5. The molecule has 5 aromatic rings. The third-order valence-electron chi connectivity index (χ3n) is 4.83. The van der Waals surface area contributed by atoms with Gasteiger partial charge < -0.3 is 4.52 Å². The molecule has 3 aromatic heterocycles. The molecule has 2 aromatic carbocycles. The lowest BCUT2D eigenvalue weighted by atomic mass is 10.1. The third-order valence-corrected chi connectivity index (χ3v) is 5.74. The highest BCUT2D eigenvalue weighted by Crippen LogP contribution is 2.32. The van der Waals surface area contributed by atoms with E-state index in [9.17, 15) is 13.2 Å². The summed E-state index contributed by atoms with van der Waals surface area (Å²) in [5.74, 6) is 1.24. The van der Waals surface area contributed by atoms with E-state index in [0.29, 0.717) is 11.0 Å². The minimum atomic E-state index is -4.45. The second kappa shape index (κ2) is 9.10. The van der Waals surface area contributed by atoms with Crippen LogP contribution >= 0.6 is 11.8 Å². The number of benzene rings is 2. The molecule has 7 nitrogen and oxygen atoms in total. The second-order valence-corrected chi connectivity index (χ2v) is 8.03. The van der Waals surface area contributed by atoms with Crippen LogP contribution in [0.25, 0.3) is 28.5 Å². The minimum Gasteiger partial charge on any atom is -0.338 e. The van der Waals surface area contributed by atoms with Gasteiger partial charge >= 0.3 is 6.18 Å². The lowest BCUT2D eigenvalue weighted by Gasteiger charge is -2.09. The molecule has 0 fully saturated rings. The van der Waals surface area contributed by atoms with Crippen LogP contribution in [0.3, 0.4) is 0 Å². The number of nitrogens with zero attached hydrogens (tertiary/aromatic N) is 6. The first-order valence-corrected chi connectivity index (χ1v) is 11.0. The van der Waals surface area contributed by atoms with Gasteiger partial charge in [0, 0.05) is 29.2 Å². The Labute approximate surface area is 195 Å². The average molecular weight is 480 g/mol. The Morgan fingerprint density at radius 2 is 1.68 bits per heavy atom. The van der Waals surface area contributed by atoms with E-state index >= 15 is 0 Å². The van der Waals surface area contributed by atoms with Crippen LogP contribution in [-0.2, 0) is 11.9 Å². The van der Waals surface area contributed by atoms with Gasteiger partial charge in [-0.05, 0) is 36.4 Å². The molecule has 0 saturated heterocycles. The fourth-order valence-electron chi connectivity index (χ4n) is 3.25. The number of hydrogen-bond donors (Lipinski definition) is 0. The van der Waals surface area contributed by atoms with Gasteiger partial charge in [-0.1, -0.05) is 47.3 Å².